The molecule has 0 aromatic carbocycles. The van der Waals surface area contributed by atoms with Gasteiger partial charge in [-0.15, -0.1) is 11.6 Å². The number of aliphatic carboxylic acids is 1. The van der Waals surface area contributed by atoms with E-state index in [1.165, 1.54) is 6.20 Å². The van der Waals surface area contributed by atoms with Gasteiger partial charge in [0, 0.05) is 25.2 Å². The Balaban J connectivity index is 4.04. The number of carboxylic acids is 1. The SMILES string of the molecule is N#C/C(=C/NCCC(=O)O)C(=O)NCCCCl. The van der Waals surface area contributed by atoms with Gasteiger partial charge >= 0.3 is 5.97 Å². The highest BCUT2D eigenvalue weighted by atomic mass is 35.5. The largest absolute Gasteiger partial charge is 0.481 e. The maximum Gasteiger partial charge on any atom is 0.305 e. The normalized spacial score (nSPS) is 10.5. The van der Waals surface area contributed by atoms with Crippen molar-refractivity contribution in [3.05, 3.63) is 11.8 Å². The van der Waals surface area contributed by atoms with Crippen LogP contribution in [0.4, 0.5) is 0 Å². The minimum absolute atomic E-state index is 0.0803. The lowest BCUT2D eigenvalue weighted by Crippen LogP contribution is -2.27. The number of nitrogens with one attached hydrogen (secondary N) is 2. The van der Waals surface area contributed by atoms with Crippen LogP contribution >= 0.6 is 11.6 Å². The van der Waals surface area contributed by atoms with Gasteiger partial charge in [-0.3, -0.25) is 9.59 Å². The summed E-state index contributed by atoms with van der Waals surface area (Å²) in [5.74, 6) is -1.01. The van der Waals surface area contributed by atoms with Crippen LogP contribution in [0.1, 0.15) is 12.8 Å². The van der Waals surface area contributed by atoms with Gasteiger partial charge in [-0.05, 0) is 6.42 Å². The van der Waals surface area contributed by atoms with Gasteiger partial charge in [-0.1, -0.05) is 0 Å². The molecule has 1 amide bonds. The Bertz CT molecular complexity index is 336. The first-order valence-electron chi connectivity index (χ1n) is 5.01. The van der Waals surface area contributed by atoms with Gasteiger partial charge in [0.1, 0.15) is 11.6 Å². The fraction of sp³-hybridized carbons (Fsp3) is 0.500. The number of alkyl halides is 1. The van der Waals surface area contributed by atoms with Crippen LogP contribution in [-0.4, -0.2) is 36.0 Å². The second-order valence-corrected chi connectivity index (χ2v) is 3.44. The van der Waals surface area contributed by atoms with Crippen LogP contribution in [0.15, 0.2) is 11.8 Å². The van der Waals surface area contributed by atoms with Crippen molar-refractivity contribution in [1.82, 2.24) is 10.6 Å². The molecule has 6 nitrogen and oxygen atoms in total. The summed E-state index contributed by atoms with van der Waals surface area (Å²) in [6.45, 7) is 0.561. The summed E-state index contributed by atoms with van der Waals surface area (Å²) in [5, 5.41) is 22.2. The third kappa shape index (κ3) is 8.11. The van der Waals surface area contributed by atoms with E-state index in [9.17, 15) is 9.59 Å². The van der Waals surface area contributed by atoms with Gasteiger partial charge in [0.2, 0.25) is 0 Å². The van der Waals surface area contributed by atoms with Gasteiger partial charge in [-0.2, -0.15) is 5.26 Å². The van der Waals surface area contributed by atoms with Gasteiger partial charge in [-0.25, -0.2) is 0 Å². The molecule has 0 radical (unpaired) electrons. The number of carbonyl (C=O) groups excluding carboxylic acids is 1. The highest BCUT2D eigenvalue weighted by Crippen LogP contribution is 1.91. The maximum atomic E-state index is 11.4. The monoisotopic (exact) mass is 259 g/mol. The standard InChI is InChI=1S/C10H14ClN3O3/c11-3-1-4-14-10(17)8(6-12)7-13-5-2-9(15)16/h7,13H,1-5H2,(H,14,17)(H,15,16)/b8-7-. The predicted octanol–water partition coefficient (Wildman–Crippen LogP) is 0.203. The molecule has 0 heterocycles. The summed E-state index contributed by atoms with van der Waals surface area (Å²) in [5.41, 5.74) is -0.0926. The molecule has 0 rings (SSSR count). The molecule has 0 unspecified atom stereocenters. The fourth-order valence-corrected chi connectivity index (χ4v) is 1.000. The van der Waals surface area contributed by atoms with Crippen molar-refractivity contribution in [2.45, 2.75) is 12.8 Å². The molecule has 3 N–H and O–H groups in total. The molecule has 0 aliphatic rings. The number of nitriles is 1. The lowest BCUT2D eigenvalue weighted by atomic mass is 10.3. The average Bonchev–Trinajstić information content (AvgIpc) is 2.29. The molecule has 94 valence electrons. The first-order chi connectivity index (χ1) is 8.11. The molecule has 0 saturated carbocycles. The topological polar surface area (TPSA) is 102 Å². The van der Waals surface area contributed by atoms with Crippen LogP contribution in [0.25, 0.3) is 0 Å². The lowest BCUT2D eigenvalue weighted by Gasteiger charge is -2.03. The molecular formula is C10H14ClN3O3. The molecular weight excluding hydrogens is 246 g/mol. The average molecular weight is 260 g/mol. The number of carbonyl (C=O) groups is 2. The number of nitrogens with zero attached hydrogens (tertiary/aromatic N) is 1. The van der Waals surface area contributed by atoms with Crippen LogP contribution in [0.5, 0.6) is 0 Å². The van der Waals surface area contributed by atoms with E-state index >= 15 is 0 Å². The third-order valence-electron chi connectivity index (χ3n) is 1.69. The van der Waals surface area contributed by atoms with Gasteiger partial charge < -0.3 is 15.7 Å². The quantitative estimate of drug-likeness (QED) is 0.250. The zero-order valence-electron chi connectivity index (χ0n) is 9.20. The van der Waals surface area contributed by atoms with E-state index in [1.54, 1.807) is 6.07 Å². The molecule has 0 atom stereocenters. The molecule has 0 fully saturated rings. The molecule has 17 heavy (non-hydrogen) atoms. The van der Waals surface area contributed by atoms with E-state index < -0.39 is 11.9 Å². The summed E-state index contributed by atoms with van der Waals surface area (Å²) < 4.78 is 0. The van der Waals surface area contributed by atoms with Crippen LogP contribution < -0.4 is 10.6 Å². The number of carboxylic acid groups (broad SMARTS) is 1. The first-order valence-corrected chi connectivity index (χ1v) is 5.55. The smallest absolute Gasteiger partial charge is 0.305 e. The van der Waals surface area contributed by atoms with Crippen molar-refractivity contribution in [3.63, 3.8) is 0 Å². The number of halogens is 1. The van der Waals surface area contributed by atoms with Crippen molar-refractivity contribution >= 4 is 23.5 Å². The molecule has 0 saturated heterocycles. The zero-order valence-corrected chi connectivity index (χ0v) is 9.96. The van der Waals surface area contributed by atoms with Crippen LogP contribution in [0, 0.1) is 11.3 Å². The number of rotatable bonds is 8. The summed E-state index contributed by atoms with van der Waals surface area (Å²) in [6, 6.07) is 1.72. The number of hydrogen-bond acceptors (Lipinski definition) is 4. The Morgan fingerprint density at radius 3 is 2.65 bits per heavy atom. The summed E-state index contributed by atoms with van der Waals surface area (Å²) in [4.78, 5) is 21.6. The molecule has 0 aromatic heterocycles. The number of hydrogen-bond donors (Lipinski definition) is 3. The second-order valence-electron chi connectivity index (χ2n) is 3.07. The van der Waals surface area contributed by atoms with Gasteiger partial charge in [0.05, 0.1) is 6.42 Å². The lowest BCUT2D eigenvalue weighted by molar-refractivity contribution is -0.136. The molecule has 0 bridgehead atoms. The van der Waals surface area contributed by atoms with Crippen LogP contribution in [0.3, 0.4) is 0 Å². The Morgan fingerprint density at radius 1 is 1.41 bits per heavy atom. The van der Waals surface area contributed by atoms with E-state index in [4.69, 9.17) is 22.0 Å². The van der Waals surface area contributed by atoms with E-state index in [-0.39, 0.29) is 18.5 Å². The molecule has 0 aromatic rings. The van der Waals surface area contributed by atoms with Crippen LogP contribution in [0.2, 0.25) is 0 Å². The van der Waals surface area contributed by atoms with Gasteiger partial charge in [0.25, 0.3) is 5.91 Å². The summed E-state index contributed by atoms with van der Waals surface area (Å²) in [6.07, 6.45) is 1.75. The van der Waals surface area contributed by atoms with Gasteiger partial charge in [0.15, 0.2) is 0 Å². The van der Waals surface area contributed by atoms with E-state index in [0.29, 0.717) is 18.8 Å². The highest BCUT2D eigenvalue weighted by molar-refractivity contribution is 6.17. The fourth-order valence-electron chi connectivity index (χ4n) is 0.866. The third-order valence-corrected chi connectivity index (χ3v) is 1.96. The molecule has 7 heteroatoms. The van der Waals surface area contributed by atoms with E-state index in [2.05, 4.69) is 10.6 Å². The molecule has 0 aliphatic heterocycles. The van der Waals surface area contributed by atoms with E-state index in [1.807, 2.05) is 0 Å². The molecule has 0 spiro atoms. The Labute approximate surface area is 104 Å². The van der Waals surface area contributed by atoms with Crippen molar-refractivity contribution in [2.75, 3.05) is 19.0 Å². The van der Waals surface area contributed by atoms with Crippen molar-refractivity contribution in [2.24, 2.45) is 0 Å². The van der Waals surface area contributed by atoms with Crippen molar-refractivity contribution < 1.29 is 14.7 Å². The van der Waals surface area contributed by atoms with Crippen molar-refractivity contribution in [3.8, 4) is 6.07 Å². The highest BCUT2D eigenvalue weighted by Gasteiger charge is 2.07. The maximum absolute atomic E-state index is 11.4. The summed E-state index contributed by atoms with van der Waals surface area (Å²) in [7, 11) is 0. The minimum Gasteiger partial charge on any atom is -0.481 e. The Hall–Kier alpha value is -1.74. The van der Waals surface area contributed by atoms with Crippen molar-refractivity contribution in [1.29, 1.82) is 5.26 Å². The first kappa shape index (κ1) is 15.3. The predicted molar refractivity (Wildman–Crippen MR) is 62.3 cm³/mol. The molecule has 0 aliphatic carbocycles. The number of amides is 1. The van der Waals surface area contributed by atoms with Crippen LogP contribution in [-0.2, 0) is 9.59 Å². The Morgan fingerprint density at radius 2 is 2.12 bits per heavy atom. The van der Waals surface area contributed by atoms with E-state index in [0.717, 1.165) is 0 Å². The summed E-state index contributed by atoms with van der Waals surface area (Å²) >= 11 is 5.43. The second kappa shape index (κ2) is 9.48. The minimum atomic E-state index is -0.948. The zero-order chi connectivity index (χ0) is 13.1. The Kier molecular flexibility index (Phi) is 8.51.